The summed E-state index contributed by atoms with van der Waals surface area (Å²) in [4.78, 5) is 28.1. The van der Waals surface area contributed by atoms with Gasteiger partial charge in [-0.15, -0.1) is 11.3 Å². The molecule has 1 aliphatic carbocycles. The van der Waals surface area contributed by atoms with Gasteiger partial charge in [-0.1, -0.05) is 12.1 Å². The SMILES string of the molecule is O=C(Nc1nc(-c2ccc3c(c2)CCCC3)cs1)C1CCN(c2cnccn2)CC1. The average Bonchev–Trinajstić information content (AvgIpc) is 3.28. The molecule has 1 N–H and O–H groups in total. The van der Waals surface area contributed by atoms with Gasteiger partial charge in [0.2, 0.25) is 5.91 Å². The molecule has 2 aliphatic rings. The molecule has 1 saturated heterocycles. The van der Waals surface area contributed by atoms with E-state index in [-0.39, 0.29) is 11.8 Å². The van der Waals surface area contributed by atoms with Crippen LogP contribution in [0.2, 0.25) is 0 Å². The number of aromatic nitrogens is 3. The summed E-state index contributed by atoms with van der Waals surface area (Å²) in [5.41, 5.74) is 5.01. The van der Waals surface area contributed by atoms with Crippen LogP contribution in [-0.4, -0.2) is 33.9 Å². The number of thiazole rings is 1. The van der Waals surface area contributed by atoms with Gasteiger partial charge in [0.1, 0.15) is 5.82 Å². The molecule has 2 aromatic heterocycles. The lowest BCUT2D eigenvalue weighted by Gasteiger charge is -2.31. The normalized spacial score (nSPS) is 16.9. The van der Waals surface area contributed by atoms with Gasteiger partial charge in [0, 0.05) is 42.3 Å². The molecule has 30 heavy (non-hydrogen) atoms. The van der Waals surface area contributed by atoms with Crippen molar-refractivity contribution in [3.8, 4) is 11.3 Å². The highest BCUT2D eigenvalue weighted by molar-refractivity contribution is 7.14. The molecule has 0 atom stereocenters. The molecule has 1 aliphatic heterocycles. The number of nitrogens with zero attached hydrogens (tertiary/aromatic N) is 4. The van der Waals surface area contributed by atoms with Gasteiger partial charge in [0.05, 0.1) is 11.9 Å². The van der Waals surface area contributed by atoms with Crippen molar-refractivity contribution in [2.24, 2.45) is 5.92 Å². The predicted octanol–water partition coefficient (Wildman–Crippen LogP) is 4.33. The van der Waals surface area contributed by atoms with Gasteiger partial charge in [0.25, 0.3) is 0 Å². The van der Waals surface area contributed by atoms with Crippen molar-refractivity contribution in [1.29, 1.82) is 0 Å². The highest BCUT2D eigenvalue weighted by Crippen LogP contribution is 2.30. The first kappa shape index (κ1) is 19.2. The van der Waals surface area contributed by atoms with Crippen molar-refractivity contribution in [1.82, 2.24) is 15.0 Å². The lowest BCUT2D eigenvalue weighted by Crippen LogP contribution is -2.38. The van der Waals surface area contributed by atoms with Crippen LogP contribution < -0.4 is 10.2 Å². The maximum absolute atomic E-state index is 12.8. The van der Waals surface area contributed by atoms with Crippen LogP contribution in [0.5, 0.6) is 0 Å². The predicted molar refractivity (Wildman–Crippen MR) is 120 cm³/mol. The maximum atomic E-state index is 12.8. The van der Waals surface area contributed by atoms with Crippen molar-refractivity contribution in [2.45, 2.75) is 38.5 Å². The minimum Gasteiger partial charge on any atom is -0.355 e. The summed E-state index contributed by atoms with van der Waals surface area (Å²) in [6.45, 7) is 1.63. The minimum absolute atomic E-state index is 0.00835. The second kappa shape index (κ2) is 8.52. The Labute approximate surface area is 180 Å². The third-order valence-electron chi connectivity index (χ3n) is 6.12. The zero-order valence-corrected chi connectivity index (χ0v) is 17.7. The third-order valence-corrected chi connectivity index (χ3v) is 6.88. The Bertz CT molecular complexity index is 1030. The summed E-state index contributed by atoms with van der Waals surface area (Å²) >= 11 is 1.50. The van der Waals surface area contributed by atoms with Crippen LogP contribution in [0.1, 0.15) is 36.8 Å². The Morgan fingerprint density at radius 3 is 2.73 bits per heavy atom. The monoisotopic (exact) mass is 419 g/mol. The summed E-state index contributed by atoms with van der Waals surface area (Å²) in [7, 11) is 0. The molecule has 3 heterocycles. The topological polar surface area (TPSA) is 71.0 Å². The third kappa shape index (κ3) is 4.07. The van der Waals surface area contributed by atoms with E-state index in [2.05, 4.69) is 43.4 Å². The number of nitrogens with one attached hydrogen (secondary N) is 1. The molecule has 0 radical (unpaired) electrons. The zero-order chi connectivity index (χ0) is 20.3. The van der Waals surface area contributed by atoms with E-state index in [1.165, 1.54) is 41.7 Å². The van der Waals surface area contributed by atoms with Gasteiger partial charge in [-0.3, -0.25) is 9.78 Å². The van der Waals surface area contributed by atoms with E-state index in [1.807, 2.05) is 5.38 Å². The smallest absolute Gasteiger partial charge is 0.229 e. The fourth-order valence-electron chi connectivity index (χ4n) is 4.39. The van der Waals surface area contributed by atoms with Crippen LogP contribution in [0.15, 0.2) is 42.2 Å². The fourth-order valence-corrected chi connectivity index (χ4v) is 5.11. The first-order valence-corrected chi connectivity index (χ1v) is 11.5. The van der Waals surface area contributed by atoms with Gasteiger partial charge in [-0.2, -0.15) is 0 Å². The Hall–Kier alpha value is -2.80. The molecule has 154 valence electrons. The Balaban J connectivity index is 1.20. The van der Waals surface area contributed by atoms with E-state index in [1.54, 1.807) is 18.6 Å². The summed E-state index contributed by atoms with van der Waals surface area (Å²) in [6.07, 6.45) is 11.7. The van der Waals surface area contributed by atoms with E-state index in [9.17, 15) is 4.79 Å². The van der Waals surface area contributed by atoms with Crippen molar-refractivity contribution < 1.29 is 4.79 Å². The van der Waals surface area contributed by atoms with Crippen molar-refractivity contribution >= 4 is 28.2 Å². The van der Waals surface area contributed by atoms with Crippen LogP contribution in [0, 0.1) is 5.92 Å². The van der Waals surface area contributed by atoms with Crippen molar-refractivity contribution in [2.75, 3.05) is 23.3 Å². The van der Waals surface area contributed by atoms with Crippen LogP contribution in [0.3, 0.4) is 0 Å². The highest BCUT2D eigenvalue weighted by atomic mass is 32.1. The van der Waals surface area contributed by atoms with Crippen LogP contribution in [-0.2, 0) is 17.6 Å². The highest BCUT2D eigenvalue weighted by Gasteiger charge is 2.26. The molecule has 0 bridgehead atoms. The number of rotatable bonds is 4. The number of hydrogen-bond donors (Lipinski definition) is 1. The number of benzene rings is 1. The molecular weight excluding hydrogens is 394 g/mol. The minimum atomic E-state index is 0.00835. The Morgan fingerprint density at radius 2 is 1.93 bits per heavy atom. The summed E-state index contributed by atoms with van der Waals surface area (Å²) in [6, 6.07) is 6.68. The number of piperidine rings is 1. The largest absolute Gasteiger partial charge is 0.355 e. The van der Waals surface area contributed by atoms with E-state index >= 15 is 0 Å². The maximum Gasteiger partial charge on any atom is 0.229 e. The first-order valence-electron chi connectivity index (χ1n) is 10.7. The molecule has 0 spiro atoms. The van der Waals surface area contributed by atoms with Gasteiger partial charge >= 0.3 is 0 Å². The molecule has 7 heteroatoms. The Morgan fingerprint density at radius 1 is 1.10 bits per heavy atom. The molecule has 1 aromatic carbocycles. The zero-order valence-electron chi connectivity index (χ0n) is 16.9. The molecule has 0 unspecified atom stereocenters. The Kier molecular flexibility index (Phi) is 5.45. The van der Waals surface area contributed by atoms with Crippen LogP contribution in [0.4, 0.5) is 10.9 Å². The lowest BCUT2D eigenvalue weighted by atomic mass is 9.90. The lowest BCUT2D eigenvalue weighted by molar-refractivity contribution is -0.120. The van der Waals surface area contributed by atoms with Crippen molar-refractivity contribution in [3.05, 3.63) is 53.3 Å². The first-order chi connectivity index (χ1) is 14.8. The van der Waals surface area contributed by atoms with E-state index in [4.69, 9.17) is 0 Å². The molecular formula is C23H25N5OS. The summed E-state index contributed by atoms with van der Waals surface area (Å²) in [5, 5.41) is 5.76. The molecule has 6 nitrogen and oxygen atoms in total. The van der Waals surface area contributed by atoms with Gasteiger partial charge in [-0.05, 0) is 55.7 Å². The van der Waals surface area contributed by atoms with Crippen LogP contribution in [0.25, 0.3) is 11.3 Å². The quantitative estimate of drug-likeness (QED) is 0.681. The van der Waals surface area contributed by atoms with E-state index in [0.29, 0.717) is 5.13 Å². The van der Waals surface area contributed by atoms with Crippen LogP contribution >= 0.6 is 11.3 Å². The molecule has 3 aromatic rings. The van der Waals surface area contributed by atoms with Gasteiger partial charge in [-0.25, -0.2) is 9.97 Å². The van der Waals surface area contributed by atoms with Gasteiger partial charge in [0.15, 0.2) is 5.13 Å². The number of anilines is 2. The number of hydrogen-bond acceptors (Lipinski definition) is 6. The summed E-state index contributed by atoms with van der Waals surface area (Å²) in [5.74, 6) is 0.958. The van der Waals surface area contributed by atoms with Gasteiger partial charge < -0.3 is 10.2 Å². The number of fused-ring (bicyclic) bond motifs is 1. The fraction of sp³-hybridized carbons (Fsp3) is 0.391. The summed E-state index contributed by atoms with van der Waals surface area (Å²) < 4.78 is 0. The standard InChI is InChI=1S/C23H25N5OS/c29-22(17-7-11-28(12-8-17)21-14-24-9-10-25-21)27-23-26-20(15-30-23)19-6-5-16-3-1-2-4-18(16)13-19/h5-6,9-10,13-15,17H,1-4,7-8,11-12H2,(H,26,27,29). The number of carbonyl (C=O) groups is 1. The second-order valence-corrected chi connectivity index (χ2v) is 8.90. The number of amides is 1. The molecule has 1 fully saturated rings. The second-order valence-electron chi connectivity index (χ2n) is 8.04. The van der Waals surface area contributed by atoms with E-state index in [0.717, 1.165) is 49.4 Å². The average molecular weight is 420 g/mol. The molecule has 1 amide bonds. The number of carbonyl (C=O) groups excluding carboxylic acids is 1. The van der Waals surface area contributed by atoms with Crippen molar-refractivity contribution in [3.63, 3.8) is 0 Å². The number of aryl methyl sites for hydroxylation is 2. The molecule has 5 rings (SSSR count). The van der Waals surface area contributed by atoms with E-state index < -0.39 is 0 Å². The molecule has 0 saturated carbocycles.